The number of aliphatic carboxylic acids is 1. The minimum Gasteiger partial charge on any atom is -0.506 e. The molecule has 18 heavy (non-hydrogen) atoms. The quantitative estimate of drug-likeness (QED) is 0.827. The fourth-order valence-corrected chi connectivity index (χ4v) is 2.86. The number of carboxylic acid groups (broad SMARTS) is 1. The standard InChI is InChI=1S/C14H17ClO3/c15-12-8-9-4-2-1-3-5-10(9)11(14(12)18)6-7-13(16)17/h8,18H,1-7H2,(H,16,17). The zero-order chi connectivity index (χ0) is 13.1. The molecule has 0 heterocycles. The van der Waals surface area contributed by atoms with Gasteiger partial charge in [0, 0.05) is 6.42 Å². The van der Waals surface area contributed by atoms with Gasteiger partial charge in [-0.2, -0.15) is 0 Å². The molecule has 0 amide bonds. The maximum absolute atomic E-state index is 10.7. The second-order valence-electron chi connectivity index (χ2n) is 4.78. The molecule has 98 valence electrons. The molecule has 0 saturated carbocycles. The maximum atomic E-state index is 10.7. The maximum Gasteiger partial charge on any atom is 0.303 e. The van der Waals surface area contributed by atoms with Gasteiger partial charge < -0.3 is 10.2 Å². The minimum atomic E-state index is -0.850. The van der Waals surface area contributed by atoms with E-state index in [1.807, 2.05) is 6.07 Å². The summed E-state index contributed by atoms with van der Waals surface area (Å²) in [5.74, 6) is -0.782. The molecule has 1 aromatic rings. The van der Waals surface area contributed by atoms with Crippen LogP contribution in [0.15, 0.2) is 6.07 Å². The second-order valence-corrected chi connectivity index (χ2v) is 5.18. The summed E-state index contributed by atoms with van der Waals surface area (Å²) in [6, 6.07) is 1.84. The number of carbonyl (C=O) groups is 1. The summed E-state index contributed by atoms with van der Waals surface area (Å²) in [5.41, 5.74) is 3.04. The largest absolute Gasteiger partial charge is 0.506 e. The van der Waals surface area contributed by atoms with E-state index in [1.165, 1.54) is 12.0 Å². The van der Waals surface area contributed by atoms with Crippen LogP contribution in [-0.2, 0) is 24.1 Å². The Morgan fingerprint density at radius 1 is 1.28 bits per heavy atom. The molecular formula is C14H17ClO3. The molecule has 2 N–H and O–H groups in total. The first kappa shape index (κ1) is 13.2. The van der Waals surface area contributed by atoms with E-state index in [9.17, 15) is 9.90 Å². The SMILES string of the molecule is O=C(O)CCc1c(O)c(Cl)cc2c1CCCCC2. The third kappa shape index (κ3) is 2.78. The highest BCUT2D eigenvalue weighted by atomic mass is 35.5. The normalized spacial score (nSPS) is 14.9. The molecule has 0 unspecified atom stereocenters. The summed E-state index contributed by atoms with van der Waals surface area (Å²) < 4.78 is 0. The van der Waals surface area contributed by atoms with Gasteiger partial charge in [0.15, 0.2) is 0 Å². The lowest BCUT2D eigenvalue weighted by Crippen LogP contribution is -2.04. The van der Waals surface area contributed by atoms with Crippen molar-refractivity contribution >= 4 is 17.6 Å². The fourth-order valence-electron chi connectivity index (χ4n) is 2.62. The predicted octanol–water partition coefficient (Wildman–Crippen LogP) is 3.33. The number of phenolic OH excluding ortho intramolecular Hbond substituents is 1. The zero-order valence-electron chi connectivity index (χ0n) is 10.2. The lowest BCUT2D eigenvalue weighted by molar-refractivity contribution is -0.136. The first-order valence-electron chi connectivity index (χ1n) is 6.33. The van der Waals surface area contributed by atoms with Gasteiger partial charge in [0.2, 0.25) is 0 Å². The highest BCUT2D eigenvalue weighted by Gasteiger charge is 2.18. The minimum absolute atomic E-state index is 0.0281. The van der Waals surface area contributed by atoms with Crippen LogP contribution in [0.25, 0.3) is 0 Å². The van der Waals surface area contributed by atoms with Crippen molar-refractivity contribution in [2.75, 3.05) is 0 Å². The van der Waals surface area contributed by atoms with E-state index >= 15 is 0 Å². The molecule has 0 aromatic heterocycles. The van der Waals surface area contributed by atoms with Crippen molar-refractivity contribution in [3.05, 3.63) is 27.8 Å². The number of fused-ring (bicyclic) bond motifs is 1. The van der Waals surface area contributed by atoms with Crippen LogP contribution >= 0.6 is 11.6 Å². The molecule has 1 aliphatic rings. The van der Waals surface area contributed by atoms with Gasteiger partial charge in [-0.15, -0.1) is 0 Å². The Kier molecular flexibility index (Phi) is 4.12. The van der Waals surface area contributed by atoms with Crippen LogP contribution < -0.4 is 0 Å². The summed E-state index contributed by atoms with van der Waals surface area (Å²) in [6.45, 7) is 0. The molecular weight excluding hydrogens is 252 g/mol. The van der Waals surface area contributed by atoms with Crippen LogP contribution in [-0.4, -0.2) is 16.2 Å². The van der Waals surface area contributed by atoms with Gasteiger partial charge in [0.25, 0.3) is 0 Å². The van der Waals surface area contributed by atoms with Crippen molar-refractivity contribution in [2.24, 2.45) is 0 Å². The third-order valence-corrected chi connectivity index (χ3v) is 3.81. The van der Waals surface area contributed by atoms with Crippen LogP contribution in [0.4, 0.5) is 0 Å². The van der Waals surface area contributed by atoms with E-state index in [-0.39, 0.29) is 12.2 Å². The van der Waals surface area contributed by atoms with Crippen LogP contribution in [0.2, 0.25) is 5.02 Å². The number of benzene rings is 1. The zero-order valence-corrected chi connectivity index (χ0v) is 11.0. The molecule has 0 bridgehead atoms. The number of hydrogen-bond acceptors (Lipinski definition) is 2. The Balaban J connectivity index is 2.40. The molecule has 0 fully saturated rings. The van der Waals surface area contributed by atoms with Gasteiger partial charge in [-0.3, -0.25) is 4.79 Å². The summed E-state index contributed by atoms with van der Waals surface area (Å²) >= 11 is 6.02. The van der Waals surface area contributed by atoms with E-state index in [0.717, 1.165) is 36.8 Å². The molecule has 0 atom stereocenters. The number of rotatable bonds is 3. The summed E-state index contributed by atoms with van der Waals surface area (Å²) in [4.78, 5) is 10.7. The highest BCUT2D eigenvalue weighted by molar-refractivity contribution is 6.32. The Bertz CT molecular complexity index is 469. The molecule has 1 aliphatic carbocycles. The van der Waals surface area contributed by atoms with Crippen molar-refractivity contribution in [3.8, 4) is 5.75 Å². The van der Waals surface area contributed by atoms with Crippen molar-refractivity contribution in [2.45, 2.75) is 44.9 Å². The Morgan fingerprint density at radius 2 is 2.00 bits per heavy atom. The second kappa shape index (κ2) is 5.61. The van der Waals surface area contributed by atoms with Crippen LogP contribution in [0.5, 0.6) is 5.75 Å². The Morgan fingerprint density at radius 3 is 2.72 bits per heavy atom. The average Bonchev–Trinajstić information content (AvgIpc) is 2.54. The number of hydrogen-bond donors (Lipinski definition) is 2. The van der Waals surface area contributed by atoms with E-state index in [4.69, 9.17) is 16.7 Å². The molecule has 0 spiro atoms. The van der Waals surface area contributed by atoms with Crippen molar-refractivity contribution in [1.82, 2.24) is 0 Å². The fraction of sp³-hybridized carbons (Fsp3) is 0.500. The number of carboxylic acids is 1. The molecule has 3 nitrogen and oxygen atoms in total. The van der Waals surface area contributed by atoms with E-state index < -0.39 is 5.97 Å². The first-order chi connectivity index (χ1) is 8.59. The summed E-state index contributed by atoms with van der Waals surface area (Å²) in [6.07, 6.45) is 5.65. The molecule has 4 heteroatoms. The van der Waals surface area contributed by atoms with E-state index in [1.54, 1.807) is 0 Å². The van der Waals surface area contributed by atoms with Crippen LogP contribution in [0, 0.1) is 0 Å². The number of aryl methyl sites for hydroxylation is 1. The van der Waals surface area contributed by atoms with Gasteiger partial charge in [0.1, 0.15) is 5.75 Å². The lowest BCUT2D eigenvalue weighted by atomic mass is 9.93. The number of phenols is 1. The molecule has 0 radical (unpaired) electrons. The third-order valence-electron chi connectivity index (χ3n) is 3.53. The van der Waals surface area contributed by atoms with Crippen molar-refractivity contribution < 1.29 is 15.0 Å². The predicted molar refractivity (Wildman–Crippen MR) is 70.3 cm³/mol. The molecule has 0 saturated heterocycles. The number of halogens is 1. The van der Waals surface area contributed by atoms with Crippen molar-refractivity contribution in [3.63, 3.8) is 0 Å². The van der Waals surface area contributed by atoms with Crippen LogP contribution in [0.3, 0.4) is 0 Å². The monoisotopic (exact) mass is 268 g/mol. The number of aromatic hydroxyl groups is 1. The molecule has 0 aliphatic heterocycles. The van der Waals surface area contributed by atoms with E-state index in [0.29, 0.717) is 11.4 Å². The highest BCUT2D eigenvalue weighted by Crippen LogP contribution is 2.36. The summed E-state index contributed by atoms with van der Waals surface area (Å²) in [7, 11) is 0. The van der Waals surface area contributed by atoms with E-state index in [2.05, 4.69) is 0 Å². The topological polar surface area (TPSA) is 57.5 Å². The Labute approximate surface area is 111 Å². The molecule has 1 aromatic carbocycles. The van der Waals surface area contributed by atoms with Gasteiger partial charge >= 0.3 is 5.97 Å². The first-order valence-corrected chi connectivity index (χ1v) is 6.71. The lowest BCUT2D eigenvalue weighted by Gasteiger charge is -2.15. The van der Waals surface area contributed by atoms with Gasteiger partial charge in [-0.1, -0.05) is 18.0 Å². The van der Waals surface area contributed by atoms with Gasteiger partial charge in [0.05, 0.1) is 5.02 Å². The summed E-state index contributed by atoms with van der Waals surface area (Å²) in [5, 5.41) is 19.2. The smallest absolute Gasteiger partial charge is 0.303 e. The van der Waals surface area contributed by atoms with Crippen LogP contribution in [0.1, 0.15) is 42.4 Å². The van der Waals surface area contributed by atoms with Gasteiger partial charge in [-0.25, -0.2) is 0 Å². The average molecular weight is 269 g/mol. The van der Waals surface area contributed by atoms with Gasteiger partial charge in [-0.05, 0) is 54.9 Å². The molecule has 2 rings (SSSR count). The van der Waals surface area contributed by atoms with Crippen molar-refractivity contribution in [1.29, 1.82) is 0 Å². The Hall–Kier alpha value is -1.22.